The highest BCUT2D eigenvalue weighted by molar-refractivity contribution is 7.99. The Kier molecular flexibility index (Phi) is 23.0. The van der Waals surface area contributed by atoms with Crippen LogP contribution in [0, 0.1) is 0 Å². The summed E-state index contributed by atoms with van der Waals surface area (Å²) in [7, 11) is 0. The van der Waals surface area contributed by atoms with Crippen LogP contribution in [-0.4, -0.2) is 60.6 Å². The fourth-order valence-electron chi connectivity index (χ4n) is 7.48. The van der Waals surface area contributed by atoms with E-state index in [9.17, 15) is 25.5 Å². The highest BCUT2D eigenvalue weighted by atomic mass is 32.2. The van der Waals surface area contributed by atoms with Crippen molar-refractivity contribution in [1.82, 2.24) is 0 Å². The molecular weight excluding hydrogens is 901 g/mol. The number of aromatic hydroxyl groups is 3. The smallest absolute Gasteiger partial charge is 0.123 e. The maximum atomic E-state index is 10.8. The van der Waals surface area contributed by atoms with Crippen LogP contribution in [-0.2, 0) is 21.7 Å². The maximum Gasteiger partial charge on any atom is 0.123 e. The second kappa shape index (κ2) is 26.6. The van der Waals surface area contributed by atoms with Gasteiger partial charge in [-0.25, -0.2) is 0 Å². The van der Waals surface area contributed by atoms with Crippen molar-refractivity contribution >= 4 is 35.3 Å². The molecule has 5 aromatic rings. The molecule has 3 unspecified atom stereocenters. The Hall–Kier alpha value is -3.57. The number of hydrogen-bond donors (Lipinski definition) is 6. The molecule has 5 rings (SSSR count). The molecule has 0 saturated heterocycles. The zero-order chi connectivity index (χ0) is 51.0. The highest BCUT2D eigenvalue weighted by Gasteiger charge is 2.28. The number of unbranched alkanes of at least 4 members (excludes halogenated alkanes) is 3. The summed E-state index contributed by atoms with van der Waals surface area (Å²) in [5, 5.41) is 60.2. The van der Waals surface area contributed by atoms with Crippen LogP contribution in [0.4, 0.5) is 0 Å². The van der Waals surface area contributed by atoms with E-state index in [4.69, 9.17) is 5.11 Å². The molecule has 6 N–H and O–H groups in total. The predicted molar refractivity (Wildman–Crippen MR) is 294 cm³/mol. The monoisotopic (exact) mass is 985 g/mol. The van der Waals surface area contributed by atoms with E-state index in [1.54, 1.807) is 36.5 Å². The van der Waals surface area contributed by atoms with Gasteiger partial charge in [-0.3, -0.25) is 0 Å². The van der Waals surface area contributed by atoms with Crippen molar-refractivity contribution in [3.63, 3.8) is 0 Å². The molecule has 5 aromatic carbocycles. The first-order valence-electron chi connectivity index (χ1n) is 24.2. The van der Waals surface area contributed by atoms with E-state index in [1.807, 2.05) is 72.4 Å². The first kappa shape index (κ1) is 58.7. The zero-order valence-electron chi connectivity index (χ0n) is 43.6. The van der Waals surface area contributed by atoms with Crippen LogP contribution in [0.2, 0.25) is 0 Å². The topological polar surface area (TPSA) is 121 Å². The highest BCUT2D eigenvalue weighted by Crippen LogP contribution is 2.44. The number of thioether (sulfide) groups is 3. The van der Waals surface area contributed by atoms with Crippen LogP contribution < -0.4 is 0 Å². The molecule has 9 heteroatoms. The van der Waals surface area contributed by atoms with Gasteiger partial charge < -0.3 is 30.6 Å². The van der Waals surface area contributed by atoms with Crippen LogP contribution >= 0.6 is 35.3 Å². The summed E-state index contributed by atoms with van der Waals surface area (Å²) >= 11 is 5.11. The Bertz CT molecular complexity index is 2200. The van der Waals surface area contributed by atoms with Gasteiger partial charge in [0, 0.05) is 66.5 Å². The lowest BCUT2D eigenvalue weighted by molar-refractivity contribution is 0.204. The second-order valence-electron chi connectivity index (χ2n) is 22.0. The summed E-state index contributed by atoms with van der Waals surface area (Å²) in [6.07, 6.45) is 3.52. The first-order chi connectivity index (χ1) is 31.6. The molecule has 0 saturated carbocycles. The third kappa shape index (κ3) is 19.0. The number of rotatable bonds is 16. The Labute approximate surface area is 423 Å². The van der Waals surface area contributed by atoms with Gasteiger partial charge in [-0.2, -0.15) is 0 Å². The van der Waals surface area contributed by atoms with E-state index in [0.29, 0.717) is 35.4 Å². The Morgan fingerprint density at radius 1 is 0.456 bits per heavy atom. The van der Waals surface area contributed by atoms with Crippen molar-refractivity contribution in [3.8, 4) is 17.2 Å². The van der Waals surface area contributed by atoms with E-state index in [0.717, 1.165) is 61.8 Å². The number of phenols is 3. The van der Waals surface area contributed by atoms with E-state index >= 15 is 0 Å². The van der Waals surface area contributed by atoms with Crippen molar-refractivity contribution in [2.45, 2.75) is 177 Å². The van der Waals surface area contributed by atoms with Gasteiger partial charge in [0.05, 0.1) is 12.2 Å². The van der Waals surface area contributed by atoms with Crippen molar-refractivity contribution in [1.29, 1.82) is 0 Å². The summed E-state index contributed by atoms with van der Waals surface area (Å²) < 4.78 is 0. The standard InChI is InChI=1S/C22H30O2S.C20H34O2S.C17H20O2S/c1-21(2,3)17-12-16(13-18(20(17)24)22(4,5)6)25-14-19(23)15-10-8-7-9-11-15;1-19(2,3)16-13-15(23-12-10-8-7-9-11-21)14-17(18(16)22)20(4,5)6;1-12(18)11-20-15-8-9-17(19)16(10-15)13(2)14-6-4-3-5-7-14/h7-13,19,23-24H,14H2,1-6H3;13-14,21-22H,7-12H2,1-6H3;3-10,12-13,18-19H,11H2,1-2H3. The minimum absolute atomic E-state index is 0.0677. The second-order valence-corrected chi connectivity index (χ2v) is 25.3. The molecule has 0 spiro atoms. The van der Waals surface area contributed by atoms with Crippen LogP contribution in [0.25, 0.3) is 0 Å². The first-order valence-corrected chi connectivity index (χ1v) is 27.1. The Balaban J connectivity index is 0.000000272. The van der Waals surface area contributed by atoms with Crippen LogP contribution in [0.3, 0.4) is 0 Å². The number of benzene rings is 5. The van der Waals surface area contributed by atoms with Gasteiger partial charge in [0.2, 0.25) is 0 Å². The van der Waals surface area contributed by atoms with Crippen molar-refractivity contribution < 1.29 is 30.6 Å². The molecule has 0 fully saturated rings. The number of aliphatic hydroxyl groups excluding tert-OH is 3. The SMILES string of the molecule is CC(C)(C)c1cc(SCC(O)c2ccccc2)cc(C(C)(C)C)c1O.CC(C)(C)c1cc(SCCCCCCO)cc(C(C)(C)C)c1O.CC(O)CSc1ccc(O)c(C(C)c2ccccc2)c1. The molecule has 0 bridgehead atoms. The van der Waals surface area contributed by atoms with Crippen molar-refractivity contribution in [2.75, 3.05) is 23.9 Å². The maximum absolute atomic E-state index is 10.8. The average molecular weight is 986 g/mol. The van der Waals surface area contributed by atoms with Gasteiger partial charge in [0.1, 0.15) is 17.2 Å². The number of aliphatic hydroxyl groups is 3. The molecule has 0 aliphatic heterocycles. The molecule has 0 aliphatic rings. The van der Waals surface area contributed by atoms with E-state index in [1.165, 1.54) is 23.3 Å². The molecule has 3 atom stereocenters. The lowest BCUT2D eigenvalue weighted by Gasteiger charge is -2.28. The van der Waals surface area contributed by atoms with Gasteiger partial charge in [0.25, 0.3) is 0 Å². The number of hydrogen-bond acceptors (Lipinski definition) is 9. The minimum atomic E-state index is -0.504. The molecule has 0 radical (unpaired) electrons. The molecule has 0 amide bonds. The fourth-order valence-corrected chi connectivity index (χ4v) is 10.2. The van der Waals surface area contributed by atoms with Gasteiger partial charge in [-0.15, -0.1) is 35.3 Å². The third-order valence-electron chi connectivity index (χ3n) is 11.6. The molecule has 0 aliphatic carbocycles. The molecule has 374 valence electrons. The zero-order valence-corrected chi connectivity index (χ0v) is 46.1. The predicted octanol–water partition coefficient (Wildman–Crippen LogP) is 15.5. The lowest BCUT2D eigenvalue weighted by atomic mass is 9.79. The summed E-state index contributed by atoms with van der Waals surface area (Å²) in [6, 6.07) is 34.0. The molecular formula is C59H84O6S3. The van der Waals surface area contributed by atoms with Gasteiger partial charge >= 0.3 is 0 Å². The Morgan fingerprint density at radius 3 is 1.29 bits per heavy atom. The van der Waals surface area contributed by atoms with Gasteiger partial charge in [-0.05, 0) is 101 Å². The largest absolute Gasteiger partial charge is 0.508 e. The average Bonchev–Trinajstić information content (AvgIpc) is 3.26. The summed E-state index contributed by atoms with van der Waals surface area (Å²) in [6.45, 7) is 29.8. The van der Waals surface area contributed by atoms with Crippen molar-refractivity contribution in [2.24, 2.45) is 0 Å². The van der Waals surface area contributed by atoms with E-state index in [2.05, 4.69) is 126 Å². The van der Waals surface area contributed by atoms with Gasteiger partial charge in [0.15, 0.2) is 0 Å². The molecule has 6 nitrogen and oxygen atoms in total. The van der Waals surface area contributed by atoms with Crippen LogP contribution in [0.5, 0.6) is 17.2 Å². The molecule has 0 aromatic heterocycles. The summed E-state index contributed by atoms with van der Waals surface area (Å²) in [5.74, 6) is 3.64. The summed E-state index contributed by atoms with van der Waals surface area (Å²) in [4.78, 5) is 3.41. The third-order valence-corrected chi connectivity index (χ3v) is 14.9. The van der Waals surface area contributed by atoms with Crippen LogP contribution in [0.15, 0.2) is 118 Å². The quantitative estimate of drug-likeness (QED) is 0.0424. The summed E-state index contributed by atoms with van der Waals surface area (Å²) in [5.41, 5.74) is 6.60. The molecule has 0 heterocycles. The lowest BCUT2D eigenvalue weighted by Crippen LogP contribution is -2.17. The van der Waals surface area contributed by atoms with Gasteiger partial charge in [-0.1, -0.05) is 164 Å². The minimum Gasteiger partial charge on any atom is -0.508 e. The van der Waals surface area contributed by atoms with Crippen molar-refractivity contribution in [3.05, 3.63) is 142 Å². The van der Waals surface area contributed by atoms with E-state index < -0.39 is 6.10 Å². The normalized spacial score (nSPS) is 13.4. The number of phenolic OH excluding ortho intramolecular Hbond substituents is 3. The Morgan fingerprint density at radius 2 is 0.868 bits per heavy atom. The van der Waals surface area contributed by atoms with E-state index in [-0.39, 0.29) is 33.7 Å². The van der Waals surface area contributed by atoms with Crippen LogP contribution in [0.1, 0.15) is 174 Å². The molecule has 68 heavy (non-hydrogen) atoms. The fraction of sp³-hybridized carbons (Fsp3) is 0.492.